The van der Waals surface area contributed by atoms with Crippen LogP contribution in [0.2, 0.25) is 5.02 Å². The third-order valence-corrected chi connectivity index (χ3v) is 10.4. The number of unbranched alkanes of at least 4 members (excludes halogenated alkanes) is 3. The summed E-state index contributed by atoms with van der Waals surface area (Å²) < 4.78 is 6.78. The molecule has 3 fully saturated rings. The number of anilines is 2. The molecule has 1 N–H and O–H groups in total. The van der Waals surface area contributed by atoms with Gasteiger partial charge in [0.15, 0.2) is 0 Å². The van der Waals surface area contributed by atoms with Gasteiger partial charge in [0.2, 0.25) is 11.8 Å². The number of rotatable bonds is 14. The van der Waals surface area contributed by atoms with Crippen LogP contribution in [0.15, 0.2) is 73.8 Å². The van der Waals surface area contributed by atoms with Gasteiger partial charge in [0.05, 0.1) is 28.6 Å². The topological polar surface area (TPSA) is 90.4 Å². The molecular formula is C35H41BrClN3O5. The molecule has 3 aliphatic heterocycles. The molecule has 6 atom stereocenters. The summed E-state index contributed by atoms with van der Waals surface area (Å²) in [5, 5.41) is 9.67. The molecule has 1 spiro atoms. The Morgan fingerprint density at radius 2 is 1.73 bits per heavy atom. The molecule has 8 nitrogen and oxygen atoms in total. The lowest BCUT2D eigenvalue weighted by Crippen LogP contribution is -2.57. The first-order valence-electron chi connectivity index (χ1n) is 15.6. The zero-order valence-electron chi connectivity index (χ0n) is 25.6. The Bertz CT molecular complexity index is 1420. The number of aryl methyl sites for hydroxylation is 1. The number of nitrogens with zero attached hydrogens (tertiary/aromatic N) is 3. The van der Waals surface area contributed by atoms with Gasteiger partial charge in [0, 0.05) is 36.8 Å². The molecule has 3 saturated heterocycles. The Morgan fingerprint density at radius 1 is 1.04 bits per heavy atom. The molecule has 3 aliphatic rings. The number of ether oxygens (including phenoxy) is 1. The third kappa shape index (κ3) is 6.00. The molecule has 2 aromatic carbocycles. The van der Waals surface area contributed by atoms with Crippen LogP contribution >= 0.6 is 27.5 Å². The quantitative estimate of drug-likeness (QED) is 0.156. The number of hydrogen-bond acceptors (Lipinski definition) is 5. The molecule has 2 aromatic rings. The summed E-state index contributed by atoms with van der Waals surface area (Å²) in [7, 11) is 0. The van der Waals surface area contributed by atoms with Crippen molar-refractivity contribution >= 4 is 56.6 Å². The van der Waals surface area contributed by atoms with Gasteiger partial charge in [-0.2, -0.15) is 0 Å². The predicted octanol–water partition coefficient (Wildman–Crippen LogP) is 5.69. The van der Waals surface area contributed by atoms with E-state index in [0.717, 1.165) is 18.4 Å². The Balaban J connectivity index is 1.57. The van der Waals surface area contributed by atoms with E-state index in [4.69, 9.17) is 16.3 Å². The maximum absolute atomic E-state index is 14.9. The van der Waals surface area contributed by atoms with E-state index in [0.29, 0.717) is 42.2 Å². The van der Waals surface area contributed by atoms with Crippen molar-refractivity contribution in [3.05, 3.63) is 84.4 Å². The zero-order chi connectivity index (χ0) is 32.3. The second-order valence-electron chi connectivity index (χ2n) is 12.0. The van der Waals surface area contributed by atoms with E-state index in [-0.39, 0.29) is 42.2 Å². The number of carbonyl (C=O) groups is 3. The standard InChI is InChI=1S/C35H41BrClN3O5/c1-4-18-38(24-15-9-8-10-16-24)32(42)27-28-33(43)40(20-11-6-7-12-21-41)31(35(28)22-25(36)30(27)45-35)34(44)39(19-5-2)29-23(3)14-13-17-26(29)37/h4-5,8-10,13-17,25,27-28,30-31,41H,1-2,6-7,11-12,18-22H2,3H3/t25?,27-,28-,30-,31?,35?/m0/s1. The first kappa shape index (κ1) is 33.4. The number of fused-ring (bicyclic) bond motifs is 1. The van der Waals surface area contributed by atoms with Crippen molar-refractivity contribution < 1.29 is 24.2 Å². The summed E-state index contributed by atoms with van der Waals surface area (Å²) in [5.74, 6) is -2.39. The highest BCUT2D eigenvalue weighted by molar-refractivity contribution is 9.09. The highest BCUT2D eigenvalue weighted by atomic mass is 79.9. The Hall–Kier alpha value is -2.98. The third-order valence-electron chi connectivity index (χ3n) is 9.30. The number of benzene rings is 2. The number of hydrogen-bond donors (Lipinski definition) is 1. The normalized spacial score (nSPS) is 26.5. The van der Waals surface area contributed by atoms with Gasteiger partial charge in [-0.1, -0.05) is 82.9 Å². The van der Waals surface area contributed by atoms with Crippen molar-refractivity contribution in [2.75, 3.05) is 36.0 Å². The van der Waals surface area contributed by atoms with Crippen molar-refractivity contribution in [1.82, 2.24) is 4.90 Å². The summed E-state index contributed by atoms with van der Waals surface area (Å²) in [6.07, 6.45) is 6.06. The van der Waals surface area contributed by atoms with Gasteiger partial charge in [0.1, 0.15) is 11.6 Å². The van der Waals surface area contributed by atoms with Crippen LogP contribution in [0.4, 0.5) is 11.4 Å². The largest absolute Gasteiger partial charge is 0.396 e. The number of para-hydroxylation sites is 2. The maximum atomic E-state index is 14.9. The van der Waals surface area contributed by atoms with E-state index in [1.54, 1.807) is 32.9 Å². The van der Waals surface area contributed by atoms with E-state index >= 15 is 0 Å². The smallest absolute Gasteiger partial charge is 0.253 e. The number of aliphatic hydroxyl groups excluding tert-OH is 1. The average molecular weight is 699 g/mol. The van der Waals surface area contributed by atoms with Crippen molar-refractivity contribution in [1.29, 1.82) is 0 Å². The lowest BCUT2D eigenvalue weighted by Gasteiger charge is -2.38. The van der Waals surface area contributed by atoms with Crippen molar-refractivity contribution in [2.45, 2.75) is 61.6 Å². The van der Waals surface area contributed by atoms with Crippen LogP contribution in [-0.4, -0.2) is 76.5 Å². The molecule has 0 aliphatic carbocycles. The molecule has 2 bridgehead atoms. The van der Waals surface area contributed by atoms with Crippen LogP contribution in [0.5, 0.6) is 0 Å². The van der Waals surface area contributed by atoms with Gasteiger partial charge in [-0.3, -0.25) is 14.4 Å². The molecule has 0 saturated carbocycles. The summed E-state index contributed by atoms with van der Waals surface area (Å²) in [6, 6.07) is 13.8. The fraction of sp³-hybridized carbons (Fsp3) is 0.457. The van der Waals surface area contributed by atoms with Crippen molar-refractivity contribution in [3.8, 4) is 0 Å². The second kappa shape index (κ2) is 14.2. The zero-order valence-corrected chi connectivity index (χ0v) is 28.0. The average Bonchev–Trinajstić information content (AvgIpc) is 3.62. The van der Waals surface area contributed by atoms with Crippen molar-refractivity contribution in [3.63, 3.8) is 0 Å². The van der Waals surface area contributed by atoms with Gasteiger partial charge in [-0.05, 0) is 49.9 Å². The molecule has 3 amide bonds. The van der Waals surface area contributed by atoms with Crippen LogP contribution in [-0.2, 0) is 19.1 Å². The molecule has 240 valence electrons. The van der Waals surface area contributed by atoms with Gasteiger partial charge >= 0.3 is 0 Å². The number of alkyl halides is 1. The highest BCUT2D eigenvalue weighted by Crippen LogP contribution is 2.60. The molecule has 3 unspecified atom stereocenters. The molecule has 10 heteroatoms. The molecule has 45 heavy (non-hydrogen) atoms. The molecule has 3 heterocycles. The summed E-state index contributed by atoms with van der Waals surface area (Å²) in [4.78, 5) is 48.6. The van der Waals surface area contributed by atoms with Gasteiger partial charge in [-0.15, -0.1) is 13.2 Å². The van der Waals surface area contributed by atoms with E-state index < -0.39 is 29.6 Å². The Kier molecular flexibility index (Phi) is 10.5. The number of aliphatic hydroxyl groups is 1. The lowest BCUT2D eigenvalue weighted by atomic mass is 9.70. The minimum absolute atomic E-state index is 0.108. The van der Waals surface area contributed by atoms with Gasteiger partial charge < -0.3 is 24.5 Å². The second-order valence-corrected chi connectivity index (χ2v) is 13.6. The molecule has 5 rings (SSSR count). The monoisotopic (exact) mass is 697 g/mol. The maximum Gasteiger partial charge on any atom is 0.253 e. The van der Waals surface area contributed by atoms with E-state index in [2.05, 4.69) is 29.1 Å². The summed E-state index contributed by atoms with van der Waals surface area (Å²) in [5.41, 5.74) is 0.882. The number of amides is 3. The van der Waals surface area contributed by atoms with Crippen molar-refractivity contribution in [2.24, 2.45) is 11.8 Å². The van der Waals surface area contributed by atoms with E-state index in [1.165, 1.54) is 0 Å². The van der Waals surface area contributed by atoms with Gasteiger partial charge in [0.25, 0.3) is 5.91 Å². The number of likely N-dealkylation sites (tertiary alicyclic amines) is 1. The summed E-state index contributed by atoms with van der Waals surface area (Å²) >= 11 is 10.5. The first-order valence-corrected chi connectivity index (χ1v) is 16.9. The van der Waals surface area contributed by atoms with Crippen LogP contribution in [0.1, 0.15) is 37.7 Å². The minimum Gasteiger partial charge on any atom is -0.396 e. The predicted molar refractivity (Wildman–Crippen MR) is 181 cm³/mol. The van der Waals surface area contributed by atoms with Crippen LogP contribution < -0.4 is 9.80 Å². The van der Waals surface area contributed by atoms with Gasteiger partial charge in [-0.25, -0.2) is 0 Å². The SMILES string of the molecule is C=CCN(C(=O)[C@H]1[C@H]2C(=O)N(CCCCCCO)C(C(=O)N(CC=C)c3c(C)cccc3Cl)C23CC(Br)[C@@H]1O3)c1ccccc1. The lowest BCUT2D eigenvalue weighted by molar-refractivity contribution is -0.140. The fourth-order valence-electron chi connectivity index (χ4n) is 7.45. The highest BCUT2D eigenvalue weighted by Gasteiger charge is 2.77. The molecule has 0 radical (unpaired) electrons. The first-order chi connectivity index (χ1) is 21.7. The molecule has 0 aromatic heterocycles. The number of halogens is 2. The minimum atomic E-state index is -1.20. The summed E-state index contributed by atoms with van der Waals surface area (Å²) in [6.45, 7) is 10.5. The Morgan fingerprint density at radius 3 is 2.40 bits per heavy atom. The van der Waals surface area contributed by atoms with Crippen LogP contribution in [0, 0.1) is 18.8 Å². The fourth-order valence-corrected chi connectivity index (χ4v) is 8.72. The van der Waals surface area contributed by atoms with Crippen LogP contribution in [0.3, 0.4) is 0 Å². The Labute approximate surface area is 278 Å². The molecular weight excluding hydrogens is 658 g/mol. The number of carbonyl (C=O) groups excluding carboxylic acids is 3. The van der Waals surface area contributed by atoms with Crippen LogP contribution in [0.25, 0.3) is 0 Å². The van der Waals surface area contributed by atoms with E-state index in [9.17, 15) is 19.5 Å². The van der Waals surface area contributed by atoms with E-state index in [1.807, 2.05) is 49.4 Å².